The molecule has 2 N–H and O–H groups in total. The van der Waals surface area contributed by atoms with Gasteiger partial charge >= 0.3 is 0 Å². The topological polar surface area (TPSA) is 24.1 Å². The summed E-state index contributed by atoms with van der Waals surface area (Å²) >= 11 is 0. The van der Waals surface area contributed by atoms with Crippen LogP contribution in [-0.4, -0.2) is 12.6 Å². The molecule has 1 aliphatic heterocycles. The SMILES string of the molecule is C[C@H](NCc1cccc2c1NCC2)C1CCCCCC1. The van der Waals surface area contributed by atoms with Gasteiger partial charge in [-0.1, -0.05) is 43.9 Å². The zero-order valence-corrected chi connectivity index (χ0v) is 12.8. The summed E-state index contributed by atoms with van der Waals surface area (Å²) in [4.78, 5) is 0. The maximum atomic E-state index is 3.79. The number of hydrogen-bond donors (Lipinski definition) is 2. The van der Waals surface area contributed by atoms with Gasteiger partial charge in [0, 0.05) is 24.8 Å². The van der Waals surface area contributed by atoms with Gasteiger partial charge in [-0.3, -0.25) is 0 Å². The molecule has 0 saturated heterocycles. The average Bonchev–Trinajstić information content (AvgIpc) is 2.79. The minimum absolute atomic E-state index is 0.644. The zero-order chi connectivity index (χ0) is 13.8. The quantitative estimate of drug-likeness (QED) is 0.806. The van der Waals surface area contributed by atoms with E-state index in [0.717, 1.165) is 19.0 Å². The van der Waals surface area contributed by atoms with Crippen LogP contribution in [0.4, 0.5) is 5.69 Å². The van der Waals surface area contributed by atoms with Crippen molar-refractivity contribution in [3.05, 3.63) is 29.3 Å². The second-order valence-corrected chi connectivity index (χ2v) is 6.55. The van der Waals surface area contributed by atoms with E-state index in [9.17, 15) is 0 Å². The van der Waals surface area contributed by atoms with Gasteiger partial charge in [0.05, 0.1) is 0 Å². The van der Waals surface area contributed by atoms with Crippen LogP contribution < -0.4 is 10.6 Å². The summed E-state index contributed by atoms with van der Waals surface area (Å²) in [6, 6.07) is 7.38. The van der Waals surface area contributed by atoms with Crippen molar-refractivity contribution in [3.63, 3.8) is 0 Å². The van der Waals surface area contributed by atoms with Crippen molar-refractivity contribution in [2.45, 2.75) is 64.5 Å². The molecule has 0 amide bonds. The molecule has 0 bridgehead atoms. The minimum Gasteiger partial charge on any atom is -0.384 e. The van der Waals surface area contributed by atoms with Crippen LogP contribution >= 0.6 is 0 Å². The summed E-state index contributed by atoms with van der Waals surface area (Å²) in [5.41, 5.74) is 4.33. The first-order valence-corrected chi connectivity index (χ1v) is 8.42. The normalized spacial score (nSPS) is 21.1. The van der Waals surface area contributed by atoms with Crippen molar-refractivity contribution in [1.82, 2.24) is 5.32 Å². The maximum absolute atomic E-state index is 3.79. The highest BCUT2D eigenvalue weighted by molar-refractivity contribution is 5.61. The van der Waals surface area contributed by atoms with E-state index in [-0.39, 0.29) is 0 Å². The van der Waals surface area contributed by atoms with E-state index in [2.05, 4.69) is 35.8 Å². The number of rotatable bonds is 4. The smallest absolute Gasteiger partial charge is 0.0419 e. The summed E-state index contributed by atoms with van der Waals surface area (Å²) in [6.45, 7) is 4.49. The Morgan fingerprint density at radius 1 is 1.20 bits per heavy atom. The third kappa shape index (κ3) is 3.17. The van der Waals surface area contributed by atoms with Crippen LogP contribution in [0.25, 0.3) is 0 Å². The van der Waals surface area contributed by atoms with E-state index in [1.807, 2.05) is 0 Å². The predicted molar refractivity (Wildman–Crippen MR) is 86.1 cm³/mol. The van der Waals surface area contributed by atoms with E-state index in [1.165, 1.54) is 61.8 Å². The van der Waals surface area contributed by atoms with E-state index in [4.69, 9.17) is 0 Å². The molecule has 1 atom stereocenters. The molecule has 1 aromatic carbocycles. The second kappa shape index (κ2) is 6.62. The van der Waals surface area contributed by atoms with Crippen molar-refractivity contribution in [2.75, 3.05) is 11.9 Å². The molecule has 20 heavy (non-hydrogen) atoms. The molecule has 1 aromatic rings. The number of anilines is 1. The number of nitrogens with one attached hydrogen (secondary N) is 2. The van der Waals surface area contributed by atoms with Gasteiger partial charge in [-0.25, -0.2) is 0 Å². The lowest BCUT2D eigenvalue weighted by molar-refractivity contribution is 0.337. The van der Waals surface area contributed by atoms with Crippen LogP contribution in [0.15, 0.2) is 18.2 Å². The molecule has 2 aliphatic rings. The lowest BCUT2D eigenvalue weighted by atomic mass is 9.93. The van der Waals surface area contributed by atoms with Crippen LogP contribution in [0.5, 0.6) is 0 Å². The number of benzene rings is 1. The van der Waals surface area contributed by atoms with Gasteiger partial charge in [-0.15, -0.1) is 0 Å². The summed E-state index contributed by atoms with van der Waals surface area (Å²) < 4.78 is 0. The Labute approximate surface area is 123 Å². The van der Waals surface area contributed by atoms with Crippen LogP contribution in [-0.2, 0) is 13.0 Å². The molecule has 0 unspecified atom stereocenters. The Bertz CT molecular complexity index is 433. The lowest BCUT2D eigenvalue weighted by Crippen LogP contribution is -2.33. The fourth-order valence-electron chi connectivity index (χ4n) is 3.81. The lowest BCUT2D eigenvalue weighted by Gasteiger charge is -2.24. The molecular weight excluding hydrogens is 244 g/mol. The Morgan fingerprint density at radius 3 is 2.80 bits per heavy atom. The van der Waals surface area contributed by atoms with Gasteiger partial charge in [-0.2, -0.15) is 0 Å². The van der Waals surface area contributed by atoms with E-state index in [0.29, 0.717) is 6.04 Å². The molecule has 1 heterocycles. The highest BCUT2D eigenvalue weighted by Crippen LogP contribution is 2.28. The van der Waals surface area contributed by atoms with E-state index in [1.54, 1.807) is 0 Å². The highest BCUT2D eigenvalue weighted by atomic mass is 14.9. The van der Waals surface area contributed by atoms with Gasteiger partial charge in [0.1, 0.15) is 0 Å². The van der Waals surface area contributed by atoms with Gasteiger partial charge in [-0.05, 0) is 43.2 Å². The third-order valence-electron chi connectivity index (χ3n) is 5.15. The average molecular weight is 272 g/mol. The summed E-state index contributed by atoms with van der Waals surface area (Å²) in [5.74, 6) is 0.877. The second-order valence-electron chi connectivity index (χ2n) is 6.55. The number of para-hydroxylation sites is 1. The Kier molecular flexibility index (Phi) is 4.62. The summed E-state index contributed by atoms with van der Waals surface area (Å²) in [7, 11) is 0. The first-order valence-electron chi connectivity index (χ1n) is 8.42. The van der Waals surface area contributed by atoms with E-state index < -0.39 is 0 Å². The molecule has 0 aromatic heterocycles. The molecule has 0 spiro atoms. The Hall–Kier alpha value is -1.02. The monoisotopic (exact) mass is 272 g/mol. The number of fused-ring (bicyclic) bond motifs is 1. The molecule has 0 radical (unpaired) electrons. The first-order chi connectivity index (χ1) is 9.84. The van der Waals surface area contributed by atoms with Gasteiger partial charge in [0.25, 0.3) is 0 Å². The number of hydrogen-bond acceptors (Lipinski definition) is 2. The molecule has 2 heteroatoms. The van der Waals surface area contributed by atoms with Crippen LogP contribution in [0.2, 0.25) is 0 Å². The molecule has 1 fully saturated rings. The molecule has 3 rings (SSSR count). The highest BCUT2D eigenvalue weighted by Gasteiger charge is 2.19. The Balaban J connectivity index is 1.57. The van der Waals surface area contributed by atoms with Gasteiger partial charge in [0.15, 0.2) is 0 Å². The zero-order valence-electron chi connectivity index (χ0n) is 12.8. The fourth-order valence-corrected chi connectivity index (χ4v) is 3.81. The molecule has 1 aliphatic carbocycles. The molecular formula is C18H28N2. The van der Waals surface area contributed by atoms with Crippen molar-refractivity contribution in [2.24, 2.45) is 5.92 Å². The van der Waals surface area contributed by atoms with Gasteiger partial charge in [0.2, 0.25) is 0 Å². The van der Waals surface area contributed by atoms with Crippen molar-refractivity contribution in [3.8, 4) is 0 Å². The Morgan fingerprint density at radius 2 is 2.00 bits per heavy atom. The van der Waals surface area contributed by atoms with Crippen molar-refractivity contribution < 1.29 is 0 Å². The first kappa shape index (κ1) is 13.9. The molecule has 110 valence electrons. The van der Waals surface area contributed by atoms with Crippen LogP contribution in [0.3, 0.4) is 0 Å². The van der Waals surface area contributed by atoms with Crippen LogP contribution in [0.1, 0.15) is 56.6 Å². The molecule has 2 nitrogen and oxygen atoms in total. The standard InChI is InChI=1S/C18H28N2/c1-14(15-7-4-2-3-5-8-15)20-13-17-10-6-9-16-11-12-19-18(16)17/h6,9-10,14-15,19-20H,2-5,7-8,11-13H2,1H3/t14-/m0/s1. The van der Waals surface area contributed by atoms with Crippen molar-refractivity contribution >= 4 is 5.69 Å². The maximum Gasteiger partial charge on any atom is 0.0419 e. The van der Waals surface area contributed by atoms with Crippen molar-refractivity contribution in [1.29, 1.82) is 0 Å². The van der Waals surface area contributed by atoms with E-state index >= 15 is 0 Å². The van der Waals surface area contributed by atoms with Crippen LogP contribution in [0, 0.1) is 5.92 Å². The summed E-state index contributed by atoms with van der Waals surface area (Å²) in [5, 5.41) is 7.33. The fraction of sp³-hybridized carbons (Fsp3) is 0.667. The third-order valence-corrected chi connectivity index (χ3v) is 5.15. The predicted octanol–water partition coefficient (Wildman–Crippen LogP) is 4.10. The summed E-state index contributed by atoms with van der Waals surface area (Å²) in [6.07, 6.45) is 9.76. The largest absolute Gasteiger partial charge is 0.384 e. The minimum atomic E-state index is 0.644. The van der Waals surface area contributed by atoms with Gasteiger partial charge < -0.3 is 10.6 Å². The molecule has 1 saturated carbocycles.